The van der Waals surface area contributed by atoms with Crippen molar-refractivity contribution in [2.75, 3.05) is 5.73 Å². The maximum Gasteiger partial charge on any atom is 0.186 e. The van der Waals surface area contributed by atoms with E-state index in [1.54, 1.807) is 6.92 Å². The van der Waals surface area contributed by atoms with Crippen molar-refractivity contribution in [2.45, 2.75) is 26.7 Å². The quantitative estimate of drug-likeness (QED) is 0.883. The number of benzene rings is 1. The van der Waals surface area contributed by atoms with E-state index < -0.39 is 5.82 Å². The largest absolute Gasteiger partial charge is 0.381 e. The van der Waals surface area contributed by atoms with Crippen molar-refractivity contribution in [1.82, 2.24) is 9.97 Å². The standard InChI is InChI=1S/C14H16FN3/c1-8(2)10-4-6-11(7-5-10)14-17-9(3)12(15)13(16)18-14/h4-8H,1-3H3,(H2,16,17,18). The molecule has 2 aromatic rings. The van der Waals surface area contributed by atoms with E-state index in [4.69, 9.17) is 5.73 Å². The van der Waals surface area contributed by atoms with Gasteiger partial charge < -0.3 is 5.73 Å². The summed E-state index contributed by atoms with van der Waals surface area (Å²) in [5.74, 6) is 0.282. The van der Waals surface area contributed by atoms with Crippen LogP contribution in [-0.4, -0.2) is 9.97 Å². The molecule has 0 unspecified atom stereocenters. The summed E-state index contributed by atoms with van der Waals surface area (Å²) in [7, 11) is 0. The summed E-state index contributed by atoms with van der Waals surface area (Å²) in [5.41, 5.74) is 7.86. The van der Waals surface area contributed by atoms with Crippen LogP contribution in [0.3, 0.4) is 0 Å². The van der Waals surface area contributed by atoms with E-state index >= 15 is 0 Å². The summed E-state index contributed by atoms with van der Waals surface area (Å²) in [6.45, 7) is 5.84. The monoisotopic (exact) mass is 245 g/mol. The van der Waals surface area contributed by atoms with Crippen LogP contribution in [-0.2, 0) is 0 Å². The van der Waals surface area contributed by atoms with E-state index in [1.165, 1.54) is 5.56 Å². The third kappa shape index (κ3) is 2.32. The van der Waals surface area contributed by atoms with Crippen LogP contribution in [0.5, 0.6) is 0 Å². The molecule has 0 aliphatic rings. The predicted octanol–water partition coefficient (Wildman–Crippen LogP) is 3.30. The van der Waals surface area contributed by atoms with E-state index in [-0.39, 0.29) is 11.5 Å². The number of nitrogens with zero attached hydrogens (tertiary/aromatic N) is 2. The number of aromatic nitrogens is 2. The minimum Gasteiger partial charge on any atom is -0.381 e. The van der Waals surface area contributed by atoms with Crippen LogP contribution in [0.4, 0.5) is 10.2 Å². The summed E-state index contributed by atoms with van der Waals surface area (Å²) in [5, 5.41) is 0. The van der Waals surface area contributed by atoms with E-state index in [1.807, 2.05) is 24.3 Å². The van der Waals surface area contributed by atoms with Crippen LogP contribution in [0.15, 0.2) is 24.3 Å². The molecule has 0 spiro atoms. The molecule has 0 saturated carbocycles. The zero-order chi connectivity index (χ0) is 13.3. The lowest BCUT2D eigenvalue weighted by Gasteiger charge is -2.07. The Hall–Kier alpha value is -1.97. The maximum absolute atomic E-state index is 13.3. The number of rotatable bonds is 2. The molecule has 4 heteroatoms. The molecule has 1 heterocycles. The first-order chi connectivity index (χ1) is 8.49. The molecule has 0 fully saturated rings. The average molecular weight is 245 g/mol. The topological polar surface area (TPSA) is 51.8 Å². The summed E-state index contributed by atoms with van der Waals surface area (Å²) >= 11 is 0. The van der Waals surface area contributed by atoms with Crippen molar-refractivity contribution in [3.8, 4) is 11.4 Å². The average Bonchev–Trinajstić information content (AvgIpc) is 2.35. The lowest BCUT2D eigenvalue weighted by atomic mass is 10.0. The molecule has 1 aromatic carbocycles. The van der Waals surface area contributed by atoms with Crippen LogP contribution in [0.2, 0.25) is 0 Å². The number of nitrogen functional groups attached to an aromatic ring is 1. The SMILES string of the molecule is Cc1nc(-c2ccc(C(C)C)cc2)nc(N)c1F. The molecule has 94 valence electrons. The predicted molar refractivity (Wildman–Crippen MR) is 70.7 cm³/mol. The Balaban J connectivity index is 2.43. The first-order valence-corrected chi connectivity index (χ1v) is 5.89. The highest BCUT2D eigenvalue weighted by Crippen LogP contribution is 2.22. The molecular formula is C14H16FN3. The molecule has 3 nitrogen and oxygen atoms in total. The highest BCUT2D eigenvalue weighted by Gasteiger charge is 2.10. The third-order valence-electron chi connectivity index (χ3n) is 2.88. The van der Waals surface area contributed by atoms with Gasteiger partial charge in [0.05, 0.1) is 5.69 Å². The first-order valence-electron chi connectivity index (χ1n) is 5.89. The van der Waals surface area contributed by atoms with Gasteiger partial charge in [0.2, 0.25) is 0 Å². The summed E-state index contributed by atoms with van der Waals surface area (Å²) in [6, 6.07) is 7.92. The highest BCUT2D eigenvalue weighted by molar-refractivity contribution is 5.57. The van der Waals surface area contributed by atoms with Gasteiger partial charge in [0, 0.05) is 5.56 Å². The zero-order valence-corrected chi connectivity index (χ0v) is 10.7. The van der Waals surface area contributed by atoms with Crippen molar-refractivity contribution in [3.63, 3.8) is 0 Å². The van der Waals surface area contributed by atoms with Gasteiger partial charge in [-0.25, -0.2) is 14.4 Å². The number of anilines is 1. The fourth-order valence-corrected chi connectivity index (χ4v) is 1.73. The highest BCUT2D eigenvalue weighted by atomic mass is 19.1. The molecular weight excluding hydrogens is 229 g/mol. The van der Waals surface area contributed by atoms with Crippen molar-refractivity contribution in [2.24, 2.45) is 0 Å². The molecule has 18 heavy (non-hydrogen) atoms. The van der Waals surface area contributed by atoms with Gasteiger partial charge in [-0.3, -0.25) is 0 Å². The van der Waals surface area contributed by atoms with E-state index in [2.05, 4.69) is 23.8 Å². The molecule has 0 radical (unpaired) electrons. The van der Waals surface area contributed by atoms with E-state index in [9.17, 15) is 4.39 Å². The van der Waals surface area contributed by atoms with Crippen LogP contribution < -0.4 is 5.73 Å². The van der Waals surface area contributed by atoms with Gasteiger partial charge in [-0.15, -0.1) is 0 Å². The number of hydrogen-bond acceptors (Lipinski definition) is 3. The number of halogens is 1. The Morgan fingerprint density at radius 3 is 2.22 bits per heavy atom. The summed E-state index contributed by atoms with van der Waals surface area (Å²) in [4.78, 5) is 8.08. The van der Waals surface area contributed by atoms with Gasteiger partial charge in [0.15, 0.2) is 17.5 Å². The first kappa shape index (κ1) is 12.5. The second-order valence-electron chi connectivity index (χ2n) is 4.61. The Bertz CT molecular complexity index is 539. The van der Waals surface area contributed by atoms with Crippen LogP contribution in [0.25, 0.3) is 11.4 Å². The van der Waals surface area contributed by atoms with Crippen molar-refractivity contribution in [1.29, 1.82) is 0 Å². The summed E-state index contributed by atoms with van der Waals surface area (Å²) < 4.78 is 13.3. The van der Waals surface area contributed by atoms with Gasteiger partial charge in [0.1, 0.15) is 0 Å². The van der Waals surface area contributed by atoms with Crippen molar-refractivity contribution in [3.05, 3.63) is 41.3 Å². The molecule has 0 aliphatic heterocycles. The molecule has 0 aliphatic carbocycles. The minimum absolute atomic E-state index is 0.106. The second-order valence-corrected chi connectivity index (χ2v) is 4.61. The van der Waals surface area contributed by atoms with Crippen LogP contribution in [0.1, 0.15) is 31.0 Å². The lowest BCUT2D eigenvalue weighted by molar-refractivity contribution is 0.608. The number of nitrogens with two attached hydrogens (primary N) is 1. The Kier molecular flexibility index (Phi) is 3.28. The lowest BCUT2D eigenvalue weighted by Crippen LogP contribution is -2.03. The Morgan fingerprint density at radius 1 is 1.11 bits per heavy atom. The second kappa shape index (κ2) is 4.72. The van der Waals surface area contributed by atoms with Gasteiger partial charge in [-0.2, -0.15) is 0 Å². The molecule has 0 saturated heterocycles. The van der Waals surface area contributed by atoms with Crippen LogP contribution in [0, 0.1) is 12.7 Å². The zero-order valence-electron chi connectivity index (χ0n) is 10.7. The fourth-order valence-electron chi connectivity index (χ4n) is 1.73. The van der Waals surface area contributed by atoms with Crippen LogP contribution >= 0.6 is 0 Å². The van der Waals surface area contributed by atoms with Gasteiger partial charge >= 0.3 is 0 Å². The minimum atomic E-state index is -0.544. The molecule has 1 aromatic heterocycles. The number of aryl methyl sites for hydroxylation is 1. The normalized spacial score (nSPS) is 10.9. The third-order valence-corrected chi connectivity index (χ3v) is 2.88. The Labute approximate surface area is 106 Å². The molecule has 2 N–H and O–H groups in total. The molecule has 0 bridgehead atoms. The maximum atomic E-state index is 13.3. The van der Waals surface area contributed by atoms with E-state index in [0.29, 0.717) is 11.7 Å². The molecule has 0 atom stereocenters. The molecule has 2 rings (SSSR count). The molecule has 0 amide bonds. The van der Waals surface area contributed by atoms with E-state index in [0.717, 1.165) is 5.56 Å². The van der Waals surface area contributed by atoms with Gasteiger partial charge in [-0.1, -0.05) is 38.1 Å². The van der Waals surface area contributed by atoms with Gasteiger partial charge in [-0.05, 0) is 18.4 Å². The summed E-state index contributed by atoms with van der Waals surface area (Å²) in [6.07, 6.45) is 0. The smallest absolute Gasteiger partial charge is 0.186 e. The fraction of sp³-hybridized carbons (Fsp3) is 0.286. The van der Waals surface area contributed by atoms with Crippen molar-refractivity contribution < 1.29 is 4.39 Å². The van der Waals surface area contributed by atoms with Crippen molar-refractivity contribution >= 4 is 5.82 Å². The Morgan fingerprint density at radius 2 is 1.72 bits per heavy atom. The van der Waals surface area contributed by atoms with Gasteiger partial charge in [0.25, 0.3) is 0 Å². The number of hydrogen-bond donors (Lipinski definition) is 1.